The van der Waals surface area contributed by atoms with Crippen LogP contribution in [0.15, 0.2) is 17.8 Å². The molecule has 0 bridgehead atoms. The SMILES string of the molecule is Cc1cnc(NC(C)c2nc(C(=O)O)cs2)nc1. The van der Waals surface area contributed by atoms with Gasteiger partial charge >= 0.3 is 5.97 Å². The quantitative estimate of drug-likeness (QED) is 0.879. The Hall–Kier alpha value is -2.02. The van der Waals surface area contributed by atoms with Gasteiger partial charge in [-0.3, -0.25) is 0 Å². The van der Waals surface area contributed by atoms with Crippen molar-refractivity contribution in [3.8, 4) is 0 Å². The number of anilines is 1. The number of aryl methyl sites for hydroxylation is 1. The maximum atomic E-state index is 10.7. The molecule has 0 aliphatic heterocycles. The highest BCUT2D eigenvalue weighted by Gasteiger charge is 2.14. The lowest BCUT2D eigenvalue weighted by molar-refractivity contribution is 0.0691. The molecule has 2 N–H and O–H groups in total. The first kappa shape index (κ1) is 12.4. The van der Waals surface area contributed by atoms with Crippen LogP contribution in [0.2, 0.25) is 0 Å². The molecule has 0 saturated carbocycles. The summed E-state index contributed by atoms with van der Waals surface area (Å²) in [5.41, 5.74) is 1.05. The average Bonchev–Trinajstić information content (AvgIpc) is 2.81. The van der Waals surface area contributed by atoms with Crippen molar-refractivity contribution in [1.29, 1.82) is 0 Å². The van der Waals surface area contributed by atoms with Gasteiger partial charge in [0.2, 0.25) is 5.95 Å². The van der Waals surface area contributed by atoms with Crippen LogP contribution in [0.5, 0.6) is 0 Å². The number of thiazole rings is 1. The van der Waals surface area contributed by atoms with E-state index in [1.807, 2.05) is 13.8 Å². The fourth-order valence-corrected chi connectivity index (χ4v) is 2.11. The van der Waals surface area contributed by atoms with Gasteiger partial charge in [-0.15, -0.1) is 11.3 Å². The van der Waals surface area contributed by atoms with Crippen molar-refractivity contribution in [1.82, 2.24) is 15.0 Å². The second-order valence-corrected chi connectivity index (χ2v) is 4.72. The highest BCUT2D eigenvalue weighted by Crippen LogP contribution is 2.20. The van der Waals surface area contributed by atoms with Crippen molar-refractivity contribution in [2.24, 2.45) is 0 Å². The molecule has 7 heteroatoms. The van der Waals surface area contributed by atoms with Crippen LogP contribution < -0.4 is 5.32 Å². The van der Waals surface area contributed by atoms with Gasteiger partial charge < -0.3 is 10.4 Å². The van der Waals surface area contributed by atoms with Gasteiger partial charge in [0.25, 0.3) is 0 Å². The minimum Gasteiger partial charge on any atom is -0.476 e. The highest BCUT2D eigenvalue weighted by atomic mass is 32.1. The third-order valence-electron chi connectivity index (χ3n) is 2.24. The van der Waals surface area contributed by atoms with E-state index < -0.39 is 5.97 Å². The molecule has 0 amide bonds. The Morgan fingerprint density at radius 1 is 1.44 bits per heavy atom. The van der Waals surface area contributed by atoms with Crippen molar-refractivity contribution in [2.75, 3.05) is 5.32 Å². The molecule has 2 rings (SSSR count). The third-order valence-corrected chi connectivity index (χ3v) is 3.27. The van der Waals surface area contributed by atoms with Crippen LogP contribution in [0.3, 0.4) is 0 Å². The molecule has 94 valence electrons. The van der Waals surface area contributed by atoms with Gasteiger partial charge in [0.15, 0.2) is 5.69 Å². The Balaban J connectivity index is 2.09. The van der Waals surface area contributed by atoms with Crippen molar-refractivity contribution in [3.05, 3.63) is 34.0 Å². The summed E-state index contributed by atoms with van der Waals surface area (Å²) in [6.45, 7) is 3.79. The summed E-state index contributed by atoms with van der Waals surface area (Å²) in [5.74, 6) is -0.517. The number of rotatable bonds is 4. The lowest BCUT2D eigenvalue weighted by Gasteiger charge is -2.10. The number of aromatic carboxylic acids is 1. The predicted octanol–water partition coefficient (Wildman–Crippen LogP) is 2.11. The Morgan fingerprint density at radius 2 is 2.11 bits per heavy atom. The van der Waals surface area contributed by atoms with E-state index in [0.717, 1.165) is 5.56 Å². The number of nitrogens with zero attached hydrogens (tertiary/aromatic N) is 3. The van der Waals surface area contributed by atoms with Crippen LogP contribution in [-0.4, -0.2) is 26.0 Å². The lowest BCUT2D eigenvalue weighted by atomic mass is 10.3. The minimum absolute atomic E-state index is 0.0634. The molecule has 0 fully saturated rings. The maximum absolute atomic E-state index is 10.7. The molecule has 2 aromatic rings. The largest absolute Gasteiger partial charge is 0.476 e. The summed E-state index contributed by atoms with van der Waals surface area (Å²) in [7, 11) is 0. The Kier molecular flexibility index (Phi) is 3.52. The van der Waals surface area contributed by atoms with Crippen LogP contribution in [0.1, 0.15) is 34.0 Å². The van der Waals surface area contributed by atoms with Gasteiger partial charge in [0.1, 0.15) is 5.01 Å². The number of hydrogen-bond acceptors (Lipinski definition) is 6. The zero-order valence-electron chi connectivity index (χ0n) is 9.91. The maximum Gasteiger partial charge on any atom is 0.355 e. The zero-order valence-corrected chi connectivity index (χ0v) is 10.7. The van der Waals surface area contributed by atoms with Crippen molar-refractivity contribution in [3.63, 3.8) is 0 Å². The summed E-state index contributed by atoms with van der Waals surface area (Å²) in [5, 5.41) is 14.1. The van der Waals surface area contributed by atoms with Gasteiger partial charge in [0, 0.05) is 17.8 Å². The summed E-state index contributed by atoms with van der Waals surface area (Å²) in [4.78, 5) is 23.0. The molecule has 0 aromatic carbocycles. The molecule has 1 unspecified atom stereocenters. The smallest absolute Gasteiger partial charge is 0.355 e. The first-order valence-corrected chi connectivity index (χ1v) is 6.18. The lowest BCUT2D eigenvalue weighted by Crippen LogP contribution is -2.09. The third kappa shape index (κ3) is 2.80. The number of carboxylic acids is 1. The van der Waals surface area contributed by atoms with E-state index in [1.165, 1.54) is 16.7 Å². The molecule has 1 atom stereocenters. The Bertz CT molecular complexity index is 552. The number of aromatic nitrogens is 3. The van der Waals surface area contributed by atoms with Crippen LogP contribution in [0, 0.1) is 6.92 Å². The second kappa shape index (κ2) is 5.09. The Labute approximate surface area is 108 Å². The van der Waals surface area contributed by atoms with E-state index in [9.17, 15) is 4.79 Å². The van der Waals surface area contributed by atoms with Crippen LogP contribution in [0.4, 0.5) is 5.95 Å². The molecular weight excluding hydrogens is 252 g/mol. The predicted molar refractivity (Wildman–Crippen MR) is 67.9 cm³/mol. The number of carboxylic acid groups (broad SMARTS) is 1. The molecule has 2 aromatic heterocycles. The van der Waals surface area contributed by atoms with E-state index in [-0.39, 0.29) is 11.7 Å². The summed E-state index contributed by atoms with van der Waals surface area (Å²) < 4.78 is 0. The van der Waals surface area contributed by atoms with E-state index in [0.29, 0.717) is 11.0 Å². The van der Waals surface area contributed by atoms with E-state index >= 15 is 0 Å². The van der Waals surface area contributed by atoms with Crippen molar-refractivity contribution in [2.45, 2.75) is 19.9 Å². The number of nitrogens with one attached hydrogen (secondary N) is 1. The van der Waals surface area contributed by atoms with Gasteiger partial charge in [-0.2, -0.15) is 0 Å². The van der Waals surface area contributed by atoms with Gasteiger partial charge in [-0.05, 0) is 19.4 Å². The monoisotopic (exact) mass is 264 g/mol. The standard InChI is InChI=1S/C11H12N4O2S/c1-6-3-12-11(13-4-6)14-7(2)9-15-8(5-18-9)10(16)17/h3-5,7H,1-2H3,(H,16,17)(H,12,13,14). The molecule has 6 nitrogen and oxygen atoms in total. The van der Waals surface area contributed by atoms with E-state index in [4.69, 9.17) is 5.11 Å². The molecule has 0 radical (unpaired) electrons. The number of hydrogen-bond donors (Lipinski definition) is 2. The van der Waals surface area contributed by atoms with E-state index in [1.54, 1.807) is 12.4 Å². The van der Waals surface area contributed by atoms with Gasteiger partial charge in [0.05, 0.1) is 6.04 Å². The summed E-state index contributed by atoms with van der Waals surface area (Å²) in [6.07, 6.45) is 3.43. The van der Waals surface area contributed by atoms with Crippen LogP contribution in [-0.2, 0) is 0 Å². The molecule has 2 heterocycles. The van der Waals surface area contributed by atoms with E-state index in [2.05, 4.69) is 20.3 Å². The second-order valence-electron chi connectivity index (χ2n) is 3.83. The minimum atomic E-state index is -1.02. The fraction of sp³-hybridized carbons (Fsp3) is 0.273. The van der Waals surface area contributed by atoms with Crippen LogP contribution in [0.25, 0.3) is 0 Å². The van der Waals surface area contributed by atoms with Crippen LogP contribution >= 0.6 is 11.3 Å². The molecule has 0 spiro atoms. The van der Waals surface area contributed by atoms with Crippen molar-refractivity contribution >= 4 is 23.3 Å². The highest BCUT2D eigenvalue weighted by molar-refractivity contribution is 7.09. The summed E-state index contributed by atoms with van der Waals surface area (Å²) >= 11 is 1.30. The molecule has 0 aliphatic rings. The molecule has 0 saturated heterocycles. The fourth-order valence-electron chi connectivity index (χ4n) is 1.31. The zero-order chi connectivity index (χ0) is 13.1. The molecule has 0 aliphatic carbocycles. The summed E-state index contributed by atoms with van der Waals surface area (Å²) in [6, 6.07) is -0.134. The first-order valence-electron chi connectivity index (χ1n) is 5.30. The van der Waals surface area contributed by atoms with Crippen molar-refractivity contribution < 1.29 is 9.90 Å². The topological polar surface area (TPSA) is 88.0 Å². The molecular formula is C11H12N4O2S. The molecule has 18 heavy (non-hydrogen) atoms. The first-order chi connectivity index (χ1) is 8.56. The van der Waals surface area contributed by atoms with Gasteiger partial charge in [-0.1, -0.05) is 0 Å². The Morgan fingerprint density at radius 3 is 2.67 bits per heavy atom. The van der Waals surface area contributed by atoms with Gasteiger partial charge in [-0.25, -0.2) is 19.7 Å². The normalized spacial score (nSPS) is 12.1. The average molecular weight is 264 g/mol. The number of carbonyl (C=O) groups is 1.